The Morgan fingerprint density at radius 3 is 2.73 bits per heavy atom. The van der Waals surface area contributed by atoms with Crippen molar-refractivity contribution in [1.29, 1.82) is 0 Å². The maximum atomic E-state index is 12.5. The molecule has 0 saturated heterocycles. The first kappa shape index (κ1) is 19.7. The van der Waals surface area contributed by atoms with E-state index in [0.29, 0.717) is 36.5 Å². The molecule has 1 aliphatic rings. The number of benzene rings is 2. The molecule has 4 rings (SSSR count). The Kier molecular flexibility index (Phi) is 5.52. The summed E-state index contributed by atoms with van der Waals surface area (Å²) in [5, 5.41) is 6.48. The van der Waals surface area contributed by atoms with Gasteiger partial charge in [0.1, 0.15) is 11.3 Å². The highest BCUT2D eigenvalue weighted by molar-refractivity contribution is 6.03. The average Bonchev–Trinajstić information content (AvgIpc) is 3.38. The molecule has 30 heavy (non-hydrogen) atoms. The molecule has 2 heterocycles. The number of fused-ring (bicyclic) bond motifs is 1. The van der Waals surface area contributed by atoms with Crippen LogP contribution in [-0.2, 0) is 9.53 Å². The monoisotopic (exact) mass is 406 g/mol. The van der Waals surface area contributed by atoms with Crippen molar-refractivity contribution in [3.8, 4) is 5.75 Å². The zero-order chi connectivity index (χ0) is 21.1. The van der Waals surface area contributed by atoms with Gasteiger partial charge in [0, 0.05) is 17.4 Å². The van der Waals surface area contributed by atoms with Crippen molar-refractivity contribution >= 4 is 28.6 Å². The molecule has 0 radical (unpaired) electrons. The number of aryl methyl sites for hydroxylation is 1. The first-order valence-corrected chi connectivity index (χ1v) is 9.83. The van der Waals surface area contributed by atoms with Crippen molar-refractivity contribution in [3.63, 3.8) is 0 Å². The molecule has 1 amide bonds. The van der Waals surface area contributed by atoms with Crippen molar-refractivity contribution in [2.45, 2.75) is 20.3 Å². The molecular formula is C23H22N2O5. The summed E-state index contributed by atoms with van der Waals surface area (Å²) < 4.78 is 16.3. The number of hydrogen-bond donors (Lipinski definition) is 0. The summed E-state index contributed by atoms with van der Waals surface area (Å²) in [6.07, 6.45) is 0.661. The predicted molar refractivity (Wildman–Crippen MR) is 112 cm³/mol. The highest BCUT2D eigenvalue weighted by atomic mass is 16.5. The van der Waals surface area contributed by atoms with Crippen molar-refractivity contribution in [1.82, 2.24) is 5.01 Å². The quantitative estimate of drug-likeness (QED) is 0.580. The molecule has 0 spiro atoms. The normalized spacial score (nSPS) is 13.4. The summed E-state index contributed by atoms with van der Waals surface area (Å²) >= 11 is 0. The molecule has 1 aliphatic heterocycles. The Balaban J connectivity index is 1.42. The van der Waals surface area contributed by atoms with Crippen molar-refractivity contribution in [2.75, 3.05) is 19.8 Å². The van der Waals surface area contributed by atoms with E-state index in [0.717, 1.165) is 16.7 Å². The van der Waals surface area contributed by atoms with Crippen LogP contribution in [0.15, 0.2) is 58.0 Å². The van der Waals surface area contributed by atoms with E-state index in [4.69, 9.17) is 13.9 Å². The topological polar surface area (TPSA) is 81.3 Å². The van der Waals surface area contributed by atoms with E-state index < -0.39 is 12.6 Å². The number of hydrogen-bond acceptors (Lipinski definition) is 6. The number of carbonyl (C=O) groups excluding carboxylic acids is 2. The highest BCUT2D eigenvalue weighted by Gasteiger charge is 2.25. The first-order chi connectivity index (χ1) is 14.6. The standard InChI is InChI=1S/C23H22N2O5/c1-3-28-17-9-10-20-18(13-17)15(2)22(30-20)23(27)29-14-21(26)25-12-11-19(24-25)16-7-5-4-6-8-16/h4-10,13H,3,11-12,14H2,1-2H3. The van der Waals surface area contributed by atoms with E-state index in [9.17, 15) is 9.59 Å². The predicted octanol–water partition coefficient (Wildman–Crippen LogP) is 3.93. The van der Waals surface area contributed by atoms with Crippen LogP contribution >= 0.6 is 0 Å². The molecule has 154 valence electrons. The molecule has 0 bridgehead atoms. The van der Waals surface area contributed by atoms with Gasteiger partial charge in [-0.05, 0) is 37.6 Å². The lowest BCUT2D eigenvalue weighted by Gasteiger charge is -2.11. The summed E-state index contributed by atoms with van der Waals surface area (Å²) in [5.41, 5.74) is 3.03. The third-order valence-electron chi connectivity index (χ3n) is 4.93. The fourth-order valence-electron chi connectivity index (χ4n) is 3.39. The molecule has 7 heteroatoms. The Morgan fingerprint density at radius 1 is 1.17 bits per heavy atom. The smallest absolute Gasteiger partial charge is 0.375 e. The van der Waals surface area contributed by atoms with Crippen LogP contribution in [0.3, 0.4) is 0 Å². The van der Waals surface area contributed by atoms with Crippen LogP contribution in [0.5, 0.6) is 5.75 Å². The Morgan fingerprint density at radius 2 is 1.97 bits per heavy atom. The van der Waals surface area contributed by atoms with Crippen LogP contribution in [-0.4, -0.2) is 42.4 Å². The molecule has 7 nitrogen and oxygen atoms in total. The summed E-state index contributed by atoms with van der Waals surface area (Å²) in [4.78, 5) is 24.9. The summed E-state index contributed by atoms with van der Waals surface area (Å²) in [6.45, 7) is 4.29. The van der Waals surface area contributed by atoms with E-state index in [1.807, 2.05) is 43.3 Å². The Hall–Kier alpha value is -3.61. The number of nitrogens with zero attached hydrogens (tertiary/aromatic N) is 2. The largest absolute Gasteiger partial charge is 0.494 e. The second-order valence-corrected chi connectivity index (χ2v) is 6.90. The number of furan rings is 1. The minimum atomic E-state index is -0.679. The van der Waals surface area contributed by atoms with E-state index in [1.165, 1.54) is 5.01 Å². The van der Waals surface area contributed by atoms with Crippen molar-refractivity contribution in [3.05, 3.63) is 65.4 Å². The third-order valence-corrected chi connectivity index (χ3v) is 4.93. The van der Waals surface area contributed by atoms with Gasteiger partial charge in [-0.2, -0.15) is 5.10 Å². The summed E-state index contributed by atoms with van der Waals surface area (Å²) in [6, 6.07) is 15.0. The summed E-state index contributed by atoms with van der Waals surface area (Å²) in [7, 11) is 0. The molecular weight excluding hydrogens is 384 g/mol. The highest BCUT2D eigenvalue weighted by Crippen LogP contribution is 2.29. The minimum Gasteiger partial charge on any atom is -0.494 e. The van der Waals surface area contributed by atoms with Gasteiger partial charge < -0.3 is 13.9 Å². The summed E-state index contributed by atoms with van der Waals surface area (Å²) in [5.74, 6) is -0.269. The Bertz CT molecular complexity index is 1120. The number of esters is 1. The molecule has 2 aromatic carbocycles. The lowest BCUT2D eigenvalue weighted by molar-refractivity contribution is -0.134. The van der Waals surface area contributed by atoms with Gasteiger partial charge in [0.2, 0.25) is 5.76 Å². The van der Waals surface area contributed by atoms with E-state index in [2.05, 4.69) is 5.10 Å². The molecule has 1 aromatic heterocycles. The number of ether oxygens (including phenoxy) is 2. The molecule has 0 saturated carbocycles. The maximum absolute atomic E-state index is 12.5. The average molecular weight is 406 g/mol. The molecule has 0 atom stereocenters. The second-order valence-electron chi connectivity index (χ2n) is 6.90. The zero-order valence-electron chi connectivity index (χ0n) is 16.9. The van der Waals surface area contributed by atoms with Crippen molar-refractivity contribution in [2.24, 2.45) is 5.10 Å². The van der Waals surface area contributed by atoms with Crippen LogP contribution in [0.1, 0.15) is 35.0 Å². The Labute approximate surface area is 173 Å². The maximum Gasteiger partial charge on any atom is 0.375 e. The molecule has 0 N–H and O–H groups in total. The van der Waals surface area contributed by atoms with Gasteiger partial charge in [0.05, 0.1) is 18.9 Å². The van der Waals surface area contributed by atoms with Crippen LogP contribution in [0.2, 0.25) is 0 Å². The lowest BCUT2D eigenvalue weighted by Crippen LogP contribution is -2.28. The third kappa shape index (κ3) is 3.91. The molecule has 0 aliphatic carbocycles. The van der Waals surface area contributed by atoms with Gasteiger partial charge in [-0.25, -0.2) is 9.80 Å². The molecule has 3 aromatic rings. The minimum absolute atomic E-state index is 0.0846. The first-order valence-electron chi connectivity index (χ1n) is 9.83. The zero-order valence-corrected chi connectivity index (χ0v) is 16.9. The van der Waals surface area contributed by atoms with E-state index >= 15 is 0 Å². The van der Waals surface area contributed by atoms with Gasteiger partial charge in [-0.3, -0.25) is 4.79 Å². The fraction of sp³-hybridized carbons (Fsp3) is 0.261. The second kappa shape index (κ2) is 8.41. The lowest BCUT2D eigenvalue weighted by atomic mass is 10.1. The van der Waals surface area contributed by atoms with Gasteiger partial charge in [-0.1, -0.05) is 30.3 Å². The van der Waals surface area contributed by atoms with Crippen LogP contribution < -0.4 is 4.74 Å². The van der Waals surface area contributed by atoms with Gasteiger partial charge >= 0.3 is 5.97 Å². The van der Waals surface area contributed by atoms with Crippen LogP contribution in [0.25, 0.3) is 11.0 Å². The van der Waals surface area contributed by atoms with Crippen LogP contribution in [0, 0.1) is 6.92 Å². The number of carbonyl (C=O) groups is 2. The molecule has 0 unspecified atom stereocenters. The number of amides is 1. The van der Waals surface area contributed by atoms with Gasteiger partial charge in [0.15, 0.2) is 6.61 Å². The fourth-order valence-corrected chi connectivity index (χ4v) is 3.39. The SMILES string of the molecule is CCOc1ccc2oc(C(=O)OCC(=O)N3CCC(c4ccccc4)=N3)c(C)c2c1. The number of rotatable bonds is 6. The van der Waals surface area contributed by atoms with E-state index in [1.54, 1.807) is 19.1 Å². The van der Waals surface area contributed by atoms with Crippen molar-refractivity contribution < 1.29 is 23.5 Å². The van der Waals surface area contributed by atoms with Gasteiger partial charge in [-0.15, -0.1) is 0 Å². The van der Waals surface area contributed by atoms with Crippen LogP contribution in [0.4, 0.5) is 0 Å². The van der Waals surface area contributed by atoms with E-state index in [-0.39, 0.29) is 11.7 Å². The van der Waals surface area contributed by atoms with Gasteiger partial charge in [0.25, 0.3) is 5.91 Å². The molecule has 0 fully saturated rings. The number of hydrazone groups is 1.